The van der Waals surface area contributed by atoms with E-state index < -0.39 is 23.9 Å². The second-order valence-corrected chi connectivity index (χ2v) is 2.90. The van der Waals surface area contributed by atoms with E-state index in [0.29, 0.717) is 0 Å². The zero-order chi connectivity index (χ0) is 18.4. The minimum atomic E-state index is -1.08. The molecule has 0 aromatic carbocycles. The molecule has 0 unspecified atom stereocenters. The van der Waals surface area contributed by atoms with E-state index in [2.05, 4.69) is 0 Å². The Morgan fingerprint density at radius 1 is 0.560 bits per heavy atom. The molecule has 0 aromatic heterocycles. The third kappa shape index (κ3) is 489. The maximum atomic E-state index is 8.89. The van der Waals surface area contributed by atoms with Crippen LogP contribution in [0, 0.1) is 0 Å². The van der Waals surface area contributed by atoms with Gasteiger partial charge in [0.25, 0.3) is 0 Å². The average molecular weight is 467 g/mol. The summed E-state index contributed by atoms with van der Waals surface area (Å²) in [6, 6.07) is 0. The van der Waals surface area contributed by atoms with Gasteiger partial charge in [-0.25, -0.2) is 0 Å². The van der Waals surface area contributed by atoms with E-state index in [1.807, 2.05) is 0 Å². The van der Waals surface area contributed by atoms with Gasteiger partial charge >= 0.3 is 206 Å². The molecule has 0 fully saturated rings. The summed E-state index contributed by atoms with van der Waals surface area (Å²) >= 11 is 0. The Hall–Kier alpha value is 4.35. The normalized spacial score (nSPS) is 5.68. The molecule has 0 aliphatic rings. The quantitative estimate of drug-likeness (QED) is 0.366. The van der Waals surface area contributed by atoms with Crippen LogP contribution in [-0.4, -0.2) is 37.0 Å². The fraction of sp³-hybridized carbons (Fsp3) is 0.636. The van der Waals surface area contributed by atoms with Crippen molar-refractivity contribution in [3.63, 3.8) is 0 Å². The number of aliphatic carboxylic acids is 4. The predicted octanol–water partition coefficient (Wildman–Crippen LogP) is -17.7. The Morgan fingerprint density at radius 2 is 0.640 bits per heavy atom. The molecule has 0 heterocycles. The van der Waals surface area contributed by atoms with Crippen LogP contribution in [-0.2, 0) is 19.2 Å². The van der Waals surface area contributed by atoms with E-state index in [-0.39, 0.29) is 206 Å². The summed E-state index contributed by atoms with van der Waals surface area (Å²) in [5.74, 6) is -4.33. The van der Waals surface area contributed by atoms with Crippen LogP contribution in [0.2, 0.25) is 0 Å². The van der Waals surface area contributed by atoms with Crippen molar-refractivity contribution in [1.82, 2.24) is 0 Å². The zero-order valence-corrected chi connectivity index (χ0v) is 29.0. The van der Waals surface area contributed by atoms with Gasteiger partial charge in [-0.3, -0.25) is 0 Å². The molecule has 0 saturated heterocycles. The van der Waals surface area contributed by atoms with Crippen molar-refractivity contribution < 1.29 is 245 Å². The summed E-state index contributed by atoms with van der Waals surface area (Å²) in [4.78, 5) is 35.6. The Balaban J connectivity index is -0.0000000176. The van der Waals surface area contributed by atoms with Crippen molar-refractivity contribution in [3.05, 3.63) is 0 Å². The van der Waals surface area contributed by atoms with Crippen molar-refractivity contribution in [1.29, 1.82) is 0 Å². The maximum absolute atomic E-state index is 8.89. The largest absolute Gasteiger partial charge is 1.00 e. The third-order valence-corrected chi connectivity index (χ3v) is 0.408. The molecule has 4 N–H and O–H groups in total. The number of carboxylic acid groups (broad SMARTS) is 4. The standard InChI is InChI=1S/C3H10N2.4C2H4O2.4K/c4-2-1-3-5;4*1-2(3)4;;;;/h1-5H2;4*1H3,(H,3,4);;;;/q;;;;;4*+1/p-4. The van der Waals surface area contributed by atoms with E-state index >= 15 is 0 Å². The molecular weight excluding hydrogens is 445 g/mol. The molecule has 0 spiro atoms. The number of carbonyl (C=O) groups excluding carboxylic acids is 4. The fourth-order valence-corrected chi connectivity index (χ4v) is 0.118. The summed E-state index contributed by atoms with van der Waals surface area (Å²) < 4.78 is 0. The van der Waals surface area contributed by atoms with Gasteiger partial charge in [0.2, 0.25) is 0 Å². The van der Waals surface area contributed by atoms with Crippen LogP contribution >= 0.6 is 0 Å². The smallest absolute Gasteiger partial charge is 0.550 e. The van der Waals surface area contributed by atoms with Gasteiger partial charge in [0.05, 0.1) is 0 Å². The first kappa shape index (κ1) is 57.0. The molecular formula is C11H22K4N2O8. The summed E-state index contributed by atoms with van der Waals surface area (Å²) in [5, 5.41) is 35.6. The molecule has 0 aliphatic carbocycles. The van der Waals surface area contributed by atoms with E-state index in [4.69, 9.17) is 51.1 Å². The molecule has 0 radical (unpaired) electrons. The number of carboxylic acids is 4. The monoisotopic (exact) mass is 466 g/mol. The maximum Gasteiger partial charge on any atom is 1.00 e. The molecule has 10 nitrogen and oxygen atoms in total. The van der Waals surface area contributed by atoms with E-state index in [1.165, 1.54) is 0 Å². The molecule has 0 bridgehead atoms. The Morgan fingerprint density at radius 3 is 0.640 bits per heavy atom. The van der Waals surface area contributed by atoms with Gasteiger partial charge in [0, 0.05) is 23.9 Å². The van der Waals surface area contributed by atoms with Crippen molar-refractivity contribution in [2.75, 3.05) is 13.1 Å². The van der Waals surface area contributed by atoms with Gasteiger partial charge in [0.15, 0.2) is 0 Å². The fourth-order valence-electron chi connectivity index (χ4n) is 0.118. The second kappa shape index (κ2) is 56.6. The molecule has 0 atom stereocenters. The molecule has 0 rings (SSSR count). The minimum Gasteiger partial charge on any atom is -0.550 e. The van der Waals surface area contributed by atoms with Gasteiger partial charge in [-0.2, -0.15) is 0 Å². The van der Waals surface area contributed by atoms with Crippen molar-refractivity contribution in [2.24, 2.45) is 11.5 Å². The van der Waals surface area contributed by atoms with Gasteiger partial charge in [0.1, 0.15) is 0 Å². The molecule has 0 saturated carbocycles. The first-order valence-electron chi connectivity index (χ1n) is 5.45. The van der Waals surface area contributed by atoms with Gasteiger partial charge in [-0.1, -0.05) is 0 Å². The molecule has 25 heavy (non-hydrogen) atoms. The van der Waals surface area contributed by atoms with Crippen LogP contribution in [0.15, 0.2) is 0 Å². The van der Waals surface area contributed by atoms with E-state index in [1.54, 1.807) is 0 Å². The van der Waals surface area contributed by atoms with Crippen LogP contribution in [0.4, 0.5) is 0 Å². The number of hydrogen-bond acceptors (Lipinski definition) is 10. The number of carbonyl (C=O) groups is 4. The number of nitrogens with two attached hydrogens (primary N) is 2. The SMILES string of the molecule is CC(=O)[O-].CC(=O)[O-].CC(=O)[O-].CC(=O)[O-].NCCCN.[K+].[K+].[K+].[K+]. The molecule has 0 aromatic rings. The summed E-state index contributed by atoms with van der Waals surface area (Å²) in [6.07, 6.45) is 0.944. The Bertz CT molecular complexity index is 219. The average Bonchev–Trinajstić information content (AvgIpc) is 2.14. The number of hydrogen-bond donors (Lipinski definition) is 2. The zero-order valence-electron chi connectivity index (χ0n) is 16.5. The van der Waals surface area contributed by atoms with Crippen LogP contribution in [0.5, 0.6) is 0 Å². The number of rotatable bonds is 2. The van der Waals surface area contributed by atoms with Crippen LogP contribution in [0.1, 0.15) is 34.1 Å². The van der Waals surface area contributed by atoms with E-state index in [0.717, 1.165) is 47.2 Å². The summed E-state index contributed by atoms with van der Waals surface area (Å²) in [6.45, 7) is 5.33. The van der Waals surface area contributed by atoms with Crippen molar-refractivity contribution in [3.8, 4) is 0 Å². The first-order valence-corrected chi connectivity index (χ1v) is 5.45. The first-order chi connectivity index (χ1) is 9.34. The van der Waals surface area contributed by atoms with Crippen LogP contribution in [0.25, 0.3) is 0 Å². The topological polar surface area (TPSA) is 213 Å². The predicted molar refractivity (Wildman–Crippen MR) is 65.4 cm³/mol. The summed E-state index contributed by atoms with van der Waals surface area (Å²) in [7, 11) is 0. The Labute approximate surface area is 319 Å². The van der Waals surface area contributed by atoms with Gasteiger partial charge in [-0.15, -0.1) is 0 Å². The molecule has 0 aliphatic heterocycles. The minimum absolute atomic E-state index is 0. The van der Waals surface area contributed by atoms with Gasteiger partial charge in [-0.05, 0) is 47.2 Å². The third-order valence-electron chi connectivity index (χ3n) is 0.408. The van der Waals surface area contributed by atoms with Crippen molar-refractivity contribution >= 4 is 23.9 Å². The van der Waals surface area contributed by atoms with Crippen LogP contribution < -0.4 is 237 Å². The second-order valence-electron chi connectivity index (χ2n) is 2.90. The molecule has 128 valence electrons. The Kier molecular flexibility index (Phi) is 129. The van der Waals surface area contributed by atoms with E-state index in [9.17, 15) is 0 Å². The van der Waals surface area contributed by atoms with Gasteiger partial charge < -0.3 is 51.1 Å². The van der Waals surface area contributed by atoms with Crippen molar-refractivity contribution in [2.45, 2.75) is 34.1 Å². The molecule has 0 amide bonds. The summed E-state index contributed by atoms with van der Waals surface area (Å²) in [5.41, 5.74) is 10.1. The molecule has 14 heteroatoms. The van der Waals surface area contributed by atoms with Crippen LogP contribution in [0.3, 0.4) is 0 Å².